The second-order valence-corrected chi connectivity index (χ2v) is 11.1. The van der Waals surface area contributed by atoms with Crippen LogP contribution in [0.4, 0.5) is 11.4 Å². The molecule has 2 aliphatic heterocycles. The zero-order valence-corrected chi connectivity index (χ0v) is 22.6. The van der Waals surface area contributed by atoms with Crippen LogP contribution in [-0.2, 0) is 11.2 Å². The first-order valence-electron chi connectivity index (χ1n) is 13.5. The van der Waals surface area contributed by atoms with Gasteiger partial charge in [-0.05, 0) is 105 Å². The van der Waals surface area contributed by atoms with E-state index in [1.807, 2.05) is 24.5 Å². The molecule has 1 N–H and O–H groups in total. The SMILES string of the molecule is C=C(S/C=C(\C)C(=O)Nc1ccccc1N1CCCCC1)C1CCN(CCCc2ccccc2)CC1. The average Bonchev–Trinajstić information content (AvgIpc) is 2.93. The summed E-state index contributed by atoms with van der Waals surface area (Å²) >= 11 is 1.63. The van der Waals surface area contributed by atoms with Gasteiger partial charge in [-0.1, -0.05) is 49.0 Å². The molecule has 192 valence electrons. The molecule has 0 unspecified atom stereocenters. The van der Waals surface area contributed by atoms with Crippen molar-refractivity contribution in [1.29, 1.82) is 0 Å². The Balaban J connectivity index is 1.20. The number of piperidine rings is 2. The van der Waals surface area contributed by atoms with Crippen LogP contribution < -0.4 is 10.2 Å². The summed E-state index contributed by atoms with van der Waals surface area (Å²) < 4.78 is 0. The maximum atomic E-state index is 12.9. The third kappa shape index (κ3) is 7.75. The van der Waals surface area contributed by atoms with E-state index in [9.17, 15) is 4.79 Å². The van der Waals surface area contributed by atoms with Gasteiger partial charge in [0.25, 0.3) is 5.91 Å². The molecular weight excluding hydrogens is 462 g/mol. The van der Waals surface area contributed by atoms with Gasteiger partial charge in [0.2, 0.25) is 0 Å². The first-order chi connectivity index (χ1) is 17.6. The average molecular weight is 504 g/mol. The molecule has 4 rings (SSSR count). The van der Waals surface area contributed by atoms with Gasteiger partial charge < -0.3 is 15.1 Å². The first-order valence-corrected chi connectivity index (χ1v) is 14.4. The van der Waals surface area contributed by atoms with Gasteiger partial charge in [-0.3, -0.25) is 4.79 Å². The van der Waals surface area contributed by atoms with E-state index >= 15 is 0 Å². The number of carbonyl (C=O) groups is 1. The lowest BCUT2D eigenvalue weighted by Crippen LogP contribution is -2.34. The molecule has 0 aromatic heterocycles. The molecule has 1 amide bonds. The molecule has 36 heavy (non-hydrogen) atoms. The molecule has 0 radical (unpaired) electrons. The van der Waals surface area contributed by atoms with E-state index in [0.29, 0.717) is 5.92 Å². The highest BCUT2D eigenvalue weighted by Crippen LogP contribution is 2.33. The summed E-state index contributed by atoms with van der Waals surface area (Å²) in [4.78, 5) is 19.1. The minimum Gasteiger partial charge on any atom is -0.370 e. The number of hydrogen-bond acceptors (Lipinski definition) is 4. The summed E-state index contributed by atoms with van der Waals surface area (Å²) in [6.07, 6.45) is 8.39. The van der Waals surface area contributed by atoms with Gasteiger partial charge in [-0.2, -0.15) is 0 Å². The van der Waals surface area contributed by atoms with Crippen molar-refractivity contribution in [3.8, 4) is 0 Å². The molecule has 0 bridgehead atoms. The number of nitrogens with one attached hydrogen (secondary N) is 1. The quantitative estimate of drug-likeness (QED) is 0.350. The van der Waals surface area contributed by atoms with Crippen molar-refractivity contribution in [2.24, 2.45) is 5.92 Å². The van der Waals surface area contributed by atoms with E-state index in [0.717, 1.165) is 62.4 Å². The normalized spacial score (nSPS) is 17.7. The Morgan fingerprint density at radius 2 is 1.69 bits per heavy atom. The molecular formula is C31H41N3OS. The Hall–Kier alpha value is -2.50. The Morgan fingerprint density at radius 3 is 2.44 bits per heavy atom. The van der Waals surface area contributed by atoms with E-state index in [2.05, 4.69) is 64.2 Å². The molecule has 2 aliphatic rings. The second-order valence-electron chi connectivity index (χ2n) is 10.1. The Morgan fingerprint density at radius 1 is 1.00 bits per heavy atom. The third-order valence-corrected chi connectivity index (χ3v) is 8.53. The Labute approximate surface area is 221 Å². The first kappa shape index (κ1) is 26.6. The van der Waals surface area contributed by atoms with Crippen molar-refractivity contribution in [1.82, 2.24) is 4.90 Å². The molecule has 0 spiro atoms. The highest BCUT2D eigenvalue weighted by atomic mass is 32.2. The number of thioether (sulfide) groups is 1. The lowest BCUT2D eigenvalue weighted by atomic mass is 9.96. The smallest absolute Gasteiger partial charge is 0.251 e. The molecule has 0 saturated carbocycles. The zero-order valence-electron chi connectivity index (χ0n) is 21.8. The van der Waals surface area contributed by atoms with Crippen LogP contribution in [-0.4, -0.2) is 43.5 Å². The van der Waals surface area contributed by atoms with Crippen LogP contribution in [0.2, 0.25) is 0 Å². The standard InChI is InChI=1S/C31H41N3OS/c1-25(31(35)32-29-15-7-8-16-30(29)34-20-9-4-10-21-34)24-36-26(2)28-17-22-33(23-18-28)19-11-14-27-12-5-3-6-13-27/h3,5-8,12-13,15-16,24,28H,2,4,9-11,14,17-23H2,1H3,(H,32,35)/b25-24+. The molecule has 2 saturated heterocycles. The highest BCUT2D eigenvalue weighted by Gasteiger charge is 2.21. The fourth-order valence-electron chi connectivity index (χ4n) is 5.15. The van der Waals surface area contributed by atoms with Gasteiger partial charge in [0.1, 0.15) is 0 Å². The minimum absolute atomic E-state index is 0.0343. The van der Waals surface area contributed by atoms with Gasteiger partial charge in [-0.15, -0.1) is 11.8 Å². The molecule has 2 heterocycles. The lowest BCUT2D eigenvalue weighted by molar-refractivity contribution is -0.112. The topological polar surface area (TPSA) is 35.6 Å². The van der Waals surface area contributed by atoms with E-state index in [4.69, 9.17) is 0 Å². The number of hydrogen-bond donors (Lipinski definition) is 1. The van der Waals surface area contributed by atoms with Crippen molar-refractivity contribution in [2.75, 3.05) is 42.9 Å². The maximum absolute atomic E-state index is 12.9. The zero-order chi connectivity index (χ0) is 25.2. The highest BCUT2D eigenvalue weighted by molar-refractivity contribution is 8.05. The van der Waals surface area contributed by atoms with Crippen molar-refractivity contribution in [3.05, 3.63) is 82.6 Å². The van der Waals surface area contributed by atoms with Gasteiger partial charge in [0.05, 0.1) is 11.4 Å². The van der Waals surface area contributed by atoms with Crippen LogP contribution in [0.1, 0.15) is 51.0 Å². The van der Waals surface area contributed by atoms with Crippen LogP contribution in [0.3, 0.4) is 0 Å². The van der Waals surface area contributed by atoms with Crippen LogP contribution >= 0.6 is 11.8 Å². The number of anilines is 2. The largest absolute Gasteiger partial charge is 0.370 e. The summed E-state index contributed by atoms with van der Waals surface area (Å²) in [5.74, 6) is 0.486. The van der Waals surface area contributed by atoms with E-state index < -0.39 is 0 Å². The fraction of sp³-hybridized carbons (Fsp3) is 0.452. The number of carbonyl (C=O) groups excluding carboxylic acids is 1. The molecule has 2 aromatic carbocycles. The number of allylic oxidation sites excluding steroid dienone is 1. The van der Waals surface area contributed by atoms with E-state index in [1.54, 1.807) is 11.8 Å². The summed E-state index contributed by atoms with van der Waals surface area (Å²) in [6, 6.07) is 18.9. The molecule has 0 atom stereocenters. The van der Waals surface area contributed by atoms with E-state index in [1.165, 1.54) is 42.7 Å². The van der Waals surface area contributed by atoms with Gasteiger partial charge in [0, 0.05) is 18.7 Å². The van der Waals surface area contributed by atoms with Crippen molar-refractivity contribution in [3.63, 3.8) is 0 Å². The van der Waals surface area contributed by atoms with Crippen LogP contribution in [0, 0.1) is 5.92 Å². The number of aryl methyl sites for hydroxylation is 1. The number of rotatable bonds is 10. The minimum atomic E-state index is -0.0343. The van der Waals surface area contributed by atoms with Gasteiger partial charge in [0.15, 0.2) is 0 Å². The Kier molecular flexibility index (Phi) is 10.1. The number of para-hydroxylation sites is 2. The number of likely N-dealkylation sites (tertiary alicyclic amines) is 1. The molecule has 2 fully saturated rings. The van der Waals surface area contributed by atoms with E-state index in [-0.39, 0.29) is 5.91 Å². The van der Waals surface area contributed by atoms with Gasteiger partial charge >= 0.3 is 0 Å². The van der Waals surface area contributed by atoms with Crippen LogP contribution in [0.5, 0.6) is 0 Å². The molecule has 2 aromatic rings. The molecule has 5 heteroatoms. The Bertz CT molecular complexity index is 1020. The van der Waals surface area contributed by atoms with Crippen molar-refractivity contribution in [2.45, 2.75) is 51.9 Å². The molecule has 4 nitrogen and oxygen atoms in total. The fourth-order valence-corrected chi connectivity index (χ4v) is 6.02. The number of amides is 1. The lowest BCUT2D eigenvalue weighted by Gasteiger charge is -2.32. The predicted molar refractivity (Wildman–Crippen MR) is 156 cm³/mol. The monoisotopic (exact) mass is 503 g/mol. The summed E-state index contributed by atoms with van der Waals surface area (Å²) in [7, 11) is 0. The number of benzene rings is 2. The maximum Gasteiger partial charge on any atom is 0.251 e. The van der Waals surface area contributed by atoms with Crippen LogP contribution in [0.15, 0.2) is 77.1 Å². The van der Waals surface area contributed by atoms with Gasteiger partial charge in [-0.25, -0.2) is 0 Å². The predicted octanol–water partition coefficient (Wildman–Crippen LogP) is 7.11. The second kappa shape index (κ2) is 13.7. The summed E-state index contributed by atoms with van der Waals surface area (Å²) in [6.45, 7) is 11.8. The number of nitrogens with zero attached hydrogens (tertiary/aromatic N) is 2. The van der Waals surface area contributed by atoms with Crippen molar-refractivity contribution < 1.29 is 4.79 Å². The van der Waals surface area contributed by atoms with Crippen molar-refractivity contribution >= 4 is 29.0 Å². The summed E-state index contributed by atoms with van der Waals surface area (Å²) in [5, 5.41) is 5.13. The third-order valence-electron chi connectivity index (χ3n) is 7.42. The molecule has 0 aliphatic carbocycles. The summed E-state index contributed by atoms with van der Waals surface area (Å²) in [5.41, 5.74) is 4.19. The van der Waals surface area contributed by atoms with Crippen LogP contribution in [0.25, 0.3) is 0 Å².